The molecule has 108 valence electrons. The van der Waals surface area contributed by atoms with E-state index in [-0.39, 0.29) is 11.8 Å². The van der Waals surface area contributed by atoms with Crippen molar-refractivity contribution < 1.29 is 14.7 Å². The zero-order valence-electron chi connectivity index (χ0n) is 11.4. The first kappa shape index (κ1) is 15.0. The van der Waals surface area contributed by atoms with Crippen molar-refractivity contribution in [3.05, 3.63) is 34.3 Å². The van der Waals surface area contributed by atoms with Crippen LogP contribution in [-0.2, 0) is 9.59 Å². The maximum absolute atomic E-state index is 12.3. The quantitative estimate of drug-likeness (QED) is 0.917. The van der Waals surface area contributed by atoms with Gasteiger partial charge >= 0.3 is 5.97 Å². The molecule has 20 heavy (non-hydrogen) atoms. The third-order valence-electron chi connectivity index (χ3n) is 3.78. The molecule has 1 heterocycles. The normalized spacial score (nSPS) is 19.9. The van der Waals surface area contributed by atoms with Crippen LogP contribution in [0.25, 0.3) is 0 Å². The molecule has 1 aliphatic heterocycles. The van der Waals surface area contributed by atoms with E-state index >= 15 is 0 Å². The van der Waals surface area contributed by atoms with Gasteiger partial charge in [-0.2, -0.15) is 0 Å². The lowest BCUT2D eigenvalue weighted by atomic mass is 9.97. The Bertz CT molecular complexity index is 500. The van der Waals surface area contributed by atoms with Crippen molar-refractivity contribution in [2.24, 2.45) is 0 Å². The van der Waals surface area contributed by atoms with Gasteiger partial charge in [0.05, 0.1) is 0 Å². The number of carbonyl (C=O) groups excluding carboxylic acids is 1. The predicted molar refractivity (Wildman–Crippen MR) is 79.5 cm³/mol. The summed E-state index contributed by atoms with van der Waals surface area (Å²) in [6.45, 7) is 2.55. The molecule has 1 fully saturated rings. The first-order chi connectivity index (χ1) is 9.49. The minimum absolute atomic E-state index is 0.0645. The molecule has 0 radical (unpaired) electrons. The number of nitrogens with zero attached hydrogens (tertiary/aromatic N) is 1. The minimum atomic E-state index is -0.896. The van der Waals surface area contributed by atoms with E-state index in [2.05, 4.69) is 15.9 Å². The van der Waals surface area contributed by atoms with Gasteiger partial charge in [-0.3, -0.25) is 4.79 Å². The lowest BCUT2D eigenvalue weighted by Gasteiger charge is -2.23. The summed E-state index contributed by atoms with van der Waals surface area (Å²) >= 11 is 3.38. The summed E-state index contributed by atoms with van der Waals surface area (Å²) < 4.78 is 1.00. The highest BCUT2D eigenvalue weighted by Crippen LogP contribution is 2.25. The van der Waals surface area contributed by atoms with Crippen LogP contribution in [0.15, 0.2) is 28.7 Å². The van der Waals surface area contributed by atoms with E-state index in [4.69, 9.17) is 5.11 Å². The third kappa shape index (κ3) is 3.39. The standard InChI is InChI=1S/C15H18BrNO3/c1-10(11-4-6-12(16)7-5-11)9-14(18)17-8-2-3-13(17)15(19)20/h4-7,10,13H,2-3,8-9H2,1H3,(H,19,20)/t10?,13-/m0/s1. The molecule has 0 aromatic heterocycles. The summed E-state index contributed by atoms with van der Waals surface area (Å²) in [6, 6.07) is 7.24. The van der Waals surface area contributed by atoms with Crippen molar-refractivity contribution >= 4 is 27.8 Å². The number of likely N-dealkylation sites (tertiary alicyclic amines) is 1. The van der Waals surface area contributed by atoms with Crippen molar-refractivity contribution in [1.29, 1.82) is 0 Å². The average molecular weight is 340 g/mol. The smallest absolute Gasteiger partial charge is 0.326 e. The van der Waals surface area contributed by atoms with Crippen LogP contribution in [-0.4, -0.2) is 34.5 Å². The lowest BCUT2D eigenvalue weighted by molar-refractivity contribution is -0.148. The fraction of sp³-hybridized carbons (Fsp3) is 0.467. The Labute approximate surface area is 126 Å². The molecule has 1 amide bonds. The SMILES string of the molecule is CC(CC(=O)N1CCC[C@H]1C(=O)O)c1ccc(Br)cc1. The van der Waals surface area contributed by atoms with Gasteiger partial charge < -0.3 is 10.0 Å². The topological polar surface area (TPSA) is 57.6 Å². The van der Waals surface area contributed by atoms with Gasteiger partial charge in [-0.05, 0) is 36.5 Å². The number of aliphatic carboxylic acids is 1. The largest absolute Gasteiger partial charge is 0.480 e. The zero-order chi connectivity index (χ0) is 14.7. The highest BCUT2D eigenvalue weighted by Gasteiger charge is 2.34. The van der Waals surface area contributed by atoms with Gasteiger partial charge in [0.1, 0.15) is 6.04 Å². The van der Waals surface area contributed by atoms with E-state index in [1.165, 1.54) is 4.90 Å². The molecule has 0 bridgehead atoms. The fourth-order valence-electron chi connectivity index (χ4n) is 2.61. The van der Waals surface area contributed by atoms with Crippen LogP contribution in [0.3, 0.4) is 0 Å². The summed E-state index contributed by atoms with van der Waals surface area (Å²) in [5.74, 6) is -0.872. The highest BCUT2D eigenvalue weighted by molar-refractivity contribution is 9.10. The molecule has 1 saturated heterocycles. The molecule has 0 saturated carbocycles. The predicted octanol–water partition coefficient (Wildman–Crippen LogP) is 3.02. The van der Waals surface area contributed by atoms with Crippen molar-refractivity contribution in [2.45, 2.75) is 38.1 Å². The van der Waals surface area contributed by atoms with Gasteiger partial charge in [-0.25, -0.2) is 4.79 Å². The molecule has 1 unspecified atom stereocenters. The molecule has 1 aromatic carbocycles. The van der Waals surface area contributed by atoms with Crippen LogP contribution in [0.1, 0.15) is 37.7 Å². The van der Waals surface area contributed by atoms with E-state index < -0.39 is 12.0 Å². The van der Waals surface area contributed by atoms with Crippen LogP contribution in [0.4, 0.5) is 0 Å². The van der Waals surface area contributed by atoms with Crippen molar-refractivity contribution in [3.63, 3.8) is 0 Å². The van der Waals surface area contributed by atoms with Crippen LogP contribution in [0.5, 0.6) is 0 Å². The molecular formula is C15H18BrNO3. The van der Waals surface area contributed by atoms with Crippen LogP contribution >= 0.6 is 15.9 Å². The second-order valence-corrected chi connectivity index (χ2v) is 6.16. The molecule has 5 heteroatoms. The van der Waals surface area contributed by atoms with Crippen LogP contribution in [0, 0.1) is 0 Å². The highest BCUT2D eigenvalue weighted by atomic mass is 79.9. The van der Waals surface area contributed by atoms with E-state index in [0.717, 1.165) is 16.5 Å². The zero-order valence-corrected chi connectivity index (χ0v) is 13.0. The lowest BCUT2D eigenvalue weighted by Crippen LogP contribution is -2.40. The van der Waals surface area contributed by atoms with Gasteiger partial charge in [0.15, 0.2) is 0 Å². The first-order valence-corrected chi connectivity index (χ1v) is 7.56. The van der Waals surface area contributed by atoms with Gasteiger partial charge in [-0.1, -0.05) is 35.0 Å². The third-order valence-corrected chi connectivity index (χ3v) is 4.31. The second-order valence-electron chi connectivity index (χ2n) is 5.24. The molecule has 0 spiro atoms. The fourth-order valence-corrected chi connectivity index (χ4v) is 2.87. The second kappa shape index (κ2) is 6.39. The number of hydrogen-bond donors (Lipinski definition) is 1. The average Bonchev–Trinajstić information content (AvgIpc) is 2.88. The van der Waals surface area contributed by atoms with E-state index in [9.17, 15) is 9.59 Å². The summed E-state index contributed by atoms with van der Waals surface area (Å²) in [5.41, 5.74) is 1.09. The summed E-state index contributed by atoms with van der Waals surface area (Å²) in [5, 5.41) is 9.12. The van der Waals surface area contributed by atoms with Crippen LogP contribution < -0.4 is 0 Å². The Morgan fingerprint density at radius 2 is 2.05 bits per heavy atom. The number of rotatable bonds is 4. The summed E-state index contributed by atoms with van der Waals surface area (Å²) in [4.78, 5) is 24.9. The van der Waals surface area contributed by atoms with Crippen molar-refractivity contribution in [2.75, 3.05) is 6.54 Å². The Kier molecular flexibility index (Phi) is 4.81. The molecule has 1 aromatic rings. The number of halogens is 1. The molecule has 4 nitrogen and oxygen atoms in total. The number of carboxylic acid groups (broad SMARTS) is 1. The first-order valence-electron chi connectivity index (χ1n) is 6.76. The van der Waals surface area contributed by atoms with E-state index in [0.29, 0.717) is 19.4 Å². The summed E-state index contributed by atoms with van der Waals surface area (Å²) in [7, 11) is 0. The number of carboxylic acids is 1. The number of hydrogen-bond acceptors (Lipinski definition) is 2. The Hall–Kier alpha value is -1.36. The van der Waals surface area contributed by atoms with Crippen molar-refractivity contribution in [1.82, 2.24) is 4.90 Å². The molecule has 1 aliphatic rings. The minimum Gasteiger partial charge on any atom is -0.480 e. The summed E-state index contributed by atoms with van der Waals surface area (Å²) in [6.07, 6.45) is 1.69. The Morgan fingerprint density at radius 1 is 1.40 bits per heavy atom. The van der Waals surface area contributed by atoms with Crippen LogP contribution in [0.2, 0.25) is 0 Å². The van der Waals surface area contributed by atoms with Gasteiger partial charge in [0.2, 0.25) is 5.91 Å². The Balaban J connectivity index is 2.00. The van der Waals surface area contributed by atoms with Crippen molar-refractivity contribution in [3.8, 4) is 0 Å². The van der Waals surface area contributed by atoms with E-state index in [1.807, 2.05) is 31.2 Å². The van der Waals surface area contributed by atoms with Gasteiger partial charge in [-0.15, -0.1) is 0 Å². The van der Waals surface area contributed by atoms with Gasteiger partial charge in [0, 0.05) is 17.4 Å². The molecular weight excluding hydrogens is 322 g/mol. The molecule has 2 atom stereocenters. The molecule has 2 rings (SSSR count). The van der Waals surface area contributed by atoms with Gasteiger partial charge in [0.25, 0.3) is 0 Å². The number of carbonyl (C=O) groups is 2. The number of amides is 1. The maximum atomic E-state index is 12.3. The number of benzene rings is 1. The molecule has 0 aliphatic carbocycles. The monoisotopic (exact) mass is 339 g/mol. The molecule has 1 N–H and O–H groups in total. The van der Waals surface area contributed by atoms with E-state index in [1.54, 1.807) is 0 Å². The Morgan fingerprint density at radius 3 is 2.65 bits per heavy atom. The maximum Gasteiger partial charge on any atom is 0.326 e.